The van der Waals surface area contributed by atoms with E-state index in [0.29, 0.717) is 23.2 Å². The average Bonchev–Trinajstić information content (AvgIpc) is 3.07. The third kappa shape index (κ3) is 3.59. The van der Waals surface area contributed by atoms with Crippen LogP contribution in [0.2, 0.25) is 15.1 Å². The second-order valence-corrected chi connectivity index (χ2v) is 6.72. The Balaban J connectivity index is 2.02. The van der Waals surface area contributed by atoms with Gasteiger partial charge in [0.1, 0.15) is 27.8 Å². The molecule has 3 rings (SSSR count). The quantitative estimate of drug-likeness (QED) is 0.738. The number of benzene rings is 1. The zero-order valence-corrected chi connectivity index (χ0v) is 14.6. The van der Waals surface area contributed by atoms with Gasteiger partial charge in [0.2, 0.25) is 0 Å². The van der Waals surface area contributed by atoms with Crippen LogP contribution in [0.5, 0.6) is 5.75 Å². The number of hydrogen-bond acceptors (Lipinski definition) is 3. The number of rotatable bonds is 4. The van der Waals surface area contributed by atoms with E-state index in [0.717, 1.165) is 13.0 Å². The smallest absolute Gasteiger partial charge is 0.163 e. The van der Waals surface area contributed by atoms with E-state index in [1.165, 1.54) is 6.20 Å². The van der Waals surface area contributed by atoms with Gasteiger partial charge in [-0.25, -0.2) is 8.78 Å². The van der Waals surface area contributed by atoms with Crippen molar-refractivity contribution in [2.45, 2.75) is 12.5 Å². The van der Waals surface area contributed by atoms with Crippen LogP contribution in [0.3, 0.4) is 0 Å². The molecule has 1 fully saturated rings. The summed E-state index contributed by atoms with van der Waals surface area (Å²) in [6.07, 6.45) is 3.38. The van der Waals surface area contributed by atoms with E-state index >= 15 is 0 Å². The lowest BCUT2D eigenvalue weighted by atomic mass is 9.96. The minimum atomic E-state index is -0.930. The van der Waals surface area contributed by atoms with Crippen molar-refractivity contribution in [3.05, 3.63) is 56.8 Å². The third-order valence-electron chi connectivity index (χ3n) is 3.90. The number of halogens is 5. The summed E-state index contributed by atoms with van der Waals surface area (Å²) >= 11 is 17.9. The first kappa shape index (κ1) is 17.7. The third-order valence-corrected chi connectivity index (χ3v) is 4.81. The topological polar surface area (TPSA) is 34.1 Å². The Morgan fingerprint density at radius 3 is 2.42 bits per heavy atom. The molecule has 8 heteroatoms. The molecule has 0 radical (unpaired) electrons. The summed E-state index contributed by atoms with van der Waals surface area (Å²) in [7, 11) is 0. The second kappa shape index (κ2) is 7.40. The van der Waals surface area contributed by atoms with Crippen LogP contribution in [-0.2, 0) is 0 Å². The van der Waals surface area contributed by atoms with Crippen LogP contribution in [0.4, 0.5) is 8.78 Å². The highest BCUT2D eigenvalue weighted by Gasteiger charge is 2.31. The van der Waals surface area contributed by atoms with Gasteiger partial charge in [-0.2, -0.15) is 0 Å². The molecule has 2 aromatic rings. The van der Waals surface area contributed by atoms with Crippen LogP contribution in [0.25, 0.3) is 0 Å². The van der Waals surface area contributed by atoms with Crippen molar-refractivity contribution >= 4 is 34.8 Å². The molecule has 1 saturated heterocycles. The molecule has 1 aromatic heterocycles. The Labute approximate surface area is 152 Å². The molecule has 1 aliphatic heterocycles. The highest BCUT2D eigenvalue weighted by Crippen LogP contribution is 2.42. The summed E-state index contributed by atoms with van der Waals surface area (Å²) in [4.78, 5) is 4.05. The SMILES string of the molecule is Fc1cc(F)c(Cl)c(O[C@@H](c2cncc(Cl)c2)[C@H]2CCNC2)c1Cl. The number of nitrogens with one attached hydrogen (secondary N) is 1. The number of aromatic nitrogens is 1. The van der Waals surface area contributed by atoms with Gasteiger partial charge in [0, 0.05) is 36.5 Å². The number of nitrogens with zero attached hydrogens (tertiary/aromatic N) is 1. The Kier molecular flexibility index (Phi) is 5.45. The molecule has 1 aromatic carbocycles. The summed E-state index contributed by atoms with van der Waals surface area (Å²) < 4.78 is 33.4. The van der Waals surface area contributed by atoms with Gasteiger partial charge in [0.05, 0.1) is 5.02 Å². The molecule has 0 saturated carbocycles. The molecule has 24 heavy (non-hydrogen) atoms. The lowest BCUT2D eigenvalue weighted by molar-refractivity contribution is 0.143. The maximum absolute atomic E-state index is 13.8. The van der Waals surface area contributed by atoms with Crippen LogP contribution >= 0.6 is 34.8 Å². The predicted molar refractivity (Wildman–Crippen MR) is 90.0 cm³/mol. The van der Waals surface area contributed by atoms with Gasteiger partial charge < -0.3 is 10.1 Å². The van der Waals surface area contributed by atoms with Crippen LogP contribution in [0.1, 0.15) is 18.1 Å². The molecule has 0 bridgehead atoms. The molecule has 0 amide bonds. The summed E-state index contributed by atoms with van der Waals surface area (Å²) in [6.45, 7) is 1.50. The highest BCUT2D eigenvalue weighted by atomic mass is 35.5. The van der Waals surface area contributed by atoms with Crippen LogP contribution in [0, 0.1) is 17.6 Å². The standard InChI is InChI=1S/C16H13Cl3F2N2O/c17-10-3-9(6-23-7-10)15(8-1-2-22-5-8)24-16-13(18)11(20)4-12(21)14(16)19/h3-4,6-8,15,22H,1-2,5H2/t8-,15+/m0/s1. The van der Waals surface area contributed by atoms with Crippen molar-refractivity contribution < 1.29 is 13.5 Å². The van der Waals surface area contributed by atoms with Crippen molar-refractivity contribution in [1.82, 2.24) is 10.3 Å². The molecule has 0 aliphatic carbocycles. The Morgan fingerprint density at radius 1 is 1.12 bits per heavy atom. The van der Waals surface area contributed by atoms with Gasteiger partial charge in [0.25, 0.3) is 0 Å². The fraction of sp³-hybridized carbons (Fsp3) is 0.312. The monoisotopic (exact) mass is 392 g/mol. The lowest BCUT2D eigenvalue weighted by Gasteiger charge is -2.26. The minimum Gasteiger partial charge on any atom is -0.482 e. The van der Waals surface area contributed by atoms with E-state index in [9.17, 15) is 8.78 Å². The molecule has 2 heterocycles. The first-order valence-corrected chi connectivity index (χ1v) is 8.41. The summed E-state index contributed by atoms with van der Waals surface area (Å²) in [6, 6.07) is 2.33. The molecule has 3 nitrogen and oxygen atoms in total. The maximum atomic E-state index is 13.8. The highest BCUT2D eigenvalue weighted by molar-refractivity contribution is 6.37. The van der Waals surface area contributed by atoms with Crippen LogP contribution < -0.4 is 10.1 Å². The normalized spacial score (nSPS) is 18.6. The lowest BCUT2D eigenvalue weighted by Crippen LogP contribution is -2.22. The molecular formula is C16H13Cl3F2N2O. The predicted octanol–water partition coefficient (Wildman–Crippen LogP) is 5.05. The van der Waals surface area contributed by atoms with E-state index < -0.39 is 17.7 Å². The zero-order chi connectivity index (χ0) is 17.3. The fourth-order valence-corrected chi connectivity index (χ4v) is 3.36. The molecule has 0 unspecified atom stereocenters. The van der Waals surface area contributed by atoms with Gasteiger partial charge in [0.15, 0.2) is 5.75 Å². The van der Waals surface area contributed by atoms with Crippen molar-refractivity contribution in [2.24, 2.45) is 5.92 Å². The van der Waals surface area contributed by atoms with E-state index in [4.69, 9.17) is 39.5 Å². The minimum absolute atomic E-state index is 0.0590. The molecule has 1 aliphatic rings. The van der Waals surface area contributed by atoms with Gasteiger partial charge >= 0.3 is 0 Å². The van der Waals surface area contributed by atoms with Gasteiger partial charge in [-0.05, 0) is 19.0 Å². The number of hydrogen-bond donors (Lipinski definition) is 1. The van der Waals surface area contributed by atoms with Crippen molar-refractivity contribution in [3.8, 4) is 5.75 Å². The van der Waals surface area contributed by atoms with Crippen molar-refractivity contribution in [1.29, 1.82) is 0 Å². The van der Waals surface area contributed by atoms with Crippen molar-refractivity contribution in [3.63, 3.8) is 0 Å². The first-order chi connectivity index (χ1) is 11.5. The second-order valence-electron chi connectivity index (χ2n) is 5.53. The Morgan fingerprint density at radius 2 is 1.83 bits per heavy atom. The number of pyridine rings is 1. The van der Waals surface area contributed by atoms with Gasteiger partial charge in [-0.3, -0.25) is 4.98 Å². The molecule has 1 N–H and O–H groups in total. The van der Waals surface area contributed by atoms with E-state index in [1.54, 1.807) is 12.3 Å². The van der Waals surface area contributed by atoms with Crippen LogP contribution in [0.15, 0.2) is 24.5 Å². The average molecular weight is 394 g/mol. The van der Waals surface area contributed by atoms with E-state index in [1.807, 2.05) is 0 Å². The Bertz CT molecular complexity index is 728. The van der Waals surface area contributed by atoms with Gasteiger partial charge in [-0.1, -0.05) is 34.8 Å². The van der Waals surface area contributed by atoms with E-state index in [2.05, 4.69) is 10.3 Å². The summed E-state index contributed by atoms with van der Waals surface area (Å²) in [5.41, 5.74) is 0.688. The molecule has 2 atom stereocenters. The molecule has 128 valence electrons. The maximum Gasteiger partial charge on any atom is 0.163 e. The summed E-state index contributed by atoms with van der Waals surface area (Å²) in [5, 5.41) is 2.96. The largest absolute Gasteiger partial charge is 0.482 e. The molecule has 0 spiro atoms. The van der Waals surface area contributed by atoms with Gasteiger partial charge in [-0.15, -0.1) is 0 Å². The first-order valence-electron chi connectivity index (χ1n) is 7.28. The summed E-state index contributed by atoms with van der Waals surface area (Å²) in [5.74, 6) is -2.02. The zero-order valence-electron chi connectivity index (χ0n) is 12.3. The Hall–Kier alpha value is -1.14. The number of ether oxygens (including phenoxy) is 1. The van der Waals surface area contributed by atoms with Crippen LogP contribution in [-0.4, -0.2) is 18.1 Å². The molecular weight excluding hydrogens is 381 g/mol. The fourth-order valence-electron chi connectivity index (χ4n) is 2.74. The van der Waals surface area contributed by atoms with Crippen molar-refractivity contribution in [2.75, 3.05) is 13.1 Å². The van der Waals surface area contributed by atoms with E-state index in [-0.39, 0.29) is 21.7 Å².